The molecule has 21 heavy (non-hydrogen) atoms. The largest absolute Gasteiger partial charge is 0.344 e. The van der Waals surface area contributed by atoms with E-state index in [9.17, 15) is 9.18 Å². The van der Waals surface area contributed by atoms with Gasteiger partial charge in [-0.25, -0.2) is 4.39 Å². The van der Waals surface area contributed by atoms with Crippen LogP contribution in [-0.4, -0.2) is 11.3 Å². The summed E-state index contributed by atoms with van der Waals surface area (Å²) < 4.78 is 13.0. The molecular weight excluding hydrogens is 312 g/mol. The topological polar surface area (TPSA) is 29.1 Å². The van der Waals surface area contributed by atoms with Crippen LogP contribution in [0.1, 0.15) is 27.5 Å². The Morgan fingerprint density at radius 3 is 2.76 bits per heavy atom. The summed E-state index contributed by atoms with van der Waals surface area (Å²) in [7, 11) is 0. The molecule has 2 atom stereocenters. The van der Waals surface area contributed by atoms with E-state index >= 15 is 0 Å². The third kappa shape index (κ3) is 2.76. The standard InChI is InChI=1S/C16H12Cl2FNO/c17-13-8-10(19)5-6-12(13)16(21)20-15-11-4-2-1-3-9(11)7-14(15)18/h1-6,8,14-15H,7H2,(H,20,21). The van der Waals surface area contributed by atoms with E-state index in [0.29, 0.717) is 6.42 Å². The summed E-state index contributed by atoms with van der Waals surface area (Å²) in [6.07, 6.45) is 0.708. The number of benzene rings is 2. The van der Waals surface area contributed by atoms with Gasteiger partial charge < -0.3 is 5.32 Å². The van der Waals surface area contributed by atoms with Crippen molar-refractivity contribution >= 4 is 29.1 Å². The summed E-state index contributed by atoms with van der Waals surface area (Å²) in [5.41, 5.74) is 2.39. The van der Waals surface area contributed by atoms with Crippen LogP contribution in [0.4, 0.5) is 4.39 Å². The molecular formula is C16H12Cl2FNO. The van der Waals surface area contributed by atoms with Crippen LogP contribution >= 0.6 is 23.2 Å². The fourth-order valence-electron chi connectivity index (χ4n) is 2.61. The quantitative estimate of drug-likeness (QED) is 0.828. The summed E-state index contributed by atoms with van der Waals surface area (Å²) in [4.78, 5) is 12.3. The fraction of sp³-hybridized carbons (Fsp3) is 0.188. The third-order valence-electron chi connectivity index (χ3n) is 3.63. The first kappa shape index (κ1) is 14.4. The number of hydrogen-bond donors (Lipinski definition) is 1. The lowest BCUT2D eigenvalue weighted by molar-refractivity contribution is 0.0937. The van der Waals surface area contributed by atoms with Crippen LogP contribution in [0.5, 0.6) is 0 Å². The van der Waals surface area contributed by atoms with Crippen LogP contribution in [0.25, 0.3) is 0 Å². The predicted molar refractivity (Wildman–Crippen MR) is 81.4 cm³/mol. The van der Waals surface area contributed by atoms with Crippen LogP contribution in [0.3, 0.4) is 0 Å². The number of fused-ring (bicyclic) bond motifs is 1. The molecule has 2 unspecified atom stereocenters. The van der Waals surface area contributed by atoms with Crippen molar-refractivity contribution in [2.75, 3.05) is 0 Å². The molecule has 1 amide bonds. The van der Waals surface area contributed by atoms with E-state index in [1.165, 1.54) is 12.1 Å². The molecule has 0 saturated heterocycles. The maximum atomic E-state index is 13.0. The van der Waals surface area contributed by atoms with E-state index < -0.39 is 5.82 Å². The second-order valence-corrected chi connectivity index (χ2v) is 5.96. The smallest absolute Gasteiger partial charge is 0.253 e. The first-order valence-corrected chi connectivity index (χ1v) is 7.35. The highest BCUT2D eigenvalue weighted by Gasteiger charge is 2.32. The highest BCUT2D eigenvalue weighted by atomic mass is 35.5. The van der Waals surface area contributed by atoms with Gasteiger partial charge in [-0.05, 0) is 35.7 Å². The molecule has 2 aromatic carbocycles. The van der Waals surface area contributed by atoms with Crippen molar-refractivity contribution in [3.8, 4) is 0 Å². The second-order valence-electron chi connectivity index (χ2n) is 4.99. The van der Waals surface area contributed by atoms with Gasteiger partial charge >= 0.3 is 0 Å². The van der Waals surface area contributed by atoms with Crippen molar-refractivity contribution in [3.05, 3.63) is 70.0 Å². The zero-order chi connectivity index (χ0) is 15.0. The Morgan fingerprint density at radius 1 is 1.24 bits per heavy atom. The Balaban J connectivity index is 1.85. The van der Waals surface area contributed by atoms with E-state index in [1.807, 2.05) is 24.3 Å². The molecule has 2 aromatic rings. The van der Waals surface area contributed by atoms with Crippen molar-refractivity contribution in [1.29, 1.82) is 0 Å². The van der Waals surface area contributed by atoms with Crippen molar-refractivity contribution in [1.82, 2.24) is 5.32 Å². The van der Waals surface area contributed by atoms with Crippen molar-refractivity contribution < 1.29 is 9.18 Å². The lowest BCUT2D eigenvalue weighted by Gasteiger charge is -2.18. The van der Waals surface area contributed by atoms with Crippen LogP contribution in [0.2, 0.25) is 5.02 Å². The Kier molecular flexibility index (Phi) is 3.87. The fourth-order valence-corrected chi connectivity index (χ4v) is 3.23. The Hall–Kier alpha value is -1.58. The van der Waals surface area contributed by atoms with Crippen LogP contribution in [-0.2, 0) is 6.42 Å². The highest BCUT2D eigenvalue weighted by molar-refractivity contribution is 6.33. The van der Waals surface area contributed by atoms with E-state index in [1.54, 1.807) is 0 Å². The number of nitrogens with one attached hydrogen (secondary N) is 1. The molecule has 0 saturated carbocycles. The maximum absolute atomic E-state index is 13.0. The van der Waals surface area contributed by atoms with Gasteiger partial charge in [0.05, 0.1) is 22.0 Å². The molecule has 3 rings (SSSR count). The van der Waals surface area contributed by atoms with Gasteiger partial charge in [-0.3, -0.25) is 4.79 Å². The molecule has 0 radical (unpaired) electrons. The Bertz CT molecular complexity index is 704. The molecule has 1 N–H and O–H groups in total. The van der Waals surface area contributed by atoms with Crippen LogP contribution < -0.4 is 5.32 Å². The van der Waals surface area contributed by atoms with Gasteiger partial charge in [0, 0.05) is 0 Å². The third-order valence-corrected chi connectivity index (χ3v) is 4.35. The van der Waals surface area contributed by atoms with Gasteiger partial charge in [-0.1, -0.05) is 35.9 Å². The summed E-state index contributed by atoms with van der Waals surface area (Å²) in [5.74, 6) is -0.828. The van der Waals surface area contributed by atoms with E-state index in [0.717, 1.165) is 17.2 Å². The van der Waals surface area contributed by atoms with Crippen molar-refractivity contribution in [3.63, 3.8) is 0 Å². The first-order valence-electron chi connectivity index (χ1n) is 6.54. The predicted octanol–water partition coefficient (Wildman–Crippen LogP) is 4.11. The van der Waals surface area contributed by atoms with Gasteiger partial charge in [0.2, 0.25) is 0 Å². The first-order chi connectivity index (χ1) is 10.1. The van der Waals surface area contributed by atoms with Crippen LogP contribution in [0.15, 0.2) is 42.5 Å². The number of carbonyl (C=O) groups is 1. The Labute approximate surface area is 131 Å². The molecule has 0 heterocycles. The number of alkyl halides is 1. The second kappa shape index (κ2) is 5.66. The van der Waals surface area contributed by atoms with Gasteiger partial charge in [-0.15, -0.1) is 11.6 Å². The number of carbonyl (C=O) groups excluding carboxylic acids is 1. The lowest BCUT2D eigenvalue weighted by atomic mass is 10.1. The summed E-state index contributed by atoms with van der Waals surface area (Å²) in [5, 5.41) is 2.77. The normalized spacial score (nSPS) is 20.1. The van der Waals surface area contributed by atoms with Gasteiger partial charge in [0.15, 0.2) is 0 Å². The van der Waals surface area contributed by atoms with Crippen molar-refractivity contribution in [2.45, 2.75) is 17.8 Å². The highest BCUT2D eigenvalue weighted by Crippen LogP contribution is 2.35. The summed E-state index contributed by atoms with van der Waals surface area (Å²) >= 11 is 12.2. The Morgan fingerprint density at radius 2 is 2.00 bits per heavy atom. The monoisotopic (exact) mass is 323 g/mol. The molecule has 0 bridgehead atoms. The molecule has 1 aliphatic rings. The van der Waals surface area contributed by atoms with E-state index in [4.69, 9.17) is 23.2 Å². The van der Waals surface area contributed by atoms with Crippen molar-refractivity contribution in [2.24, 2.45) is 0 Å². The molecule has 0 fully saturated rings. The van der Waals surface area contributed by atoms with E-state index in [2.05, 4.69) is 5.32 Å². The maximum Gasteiger partial charge on any atom is 0.253 e. The van der Waals surface area contributed by atoms with Gasteiger partial charge in [0.1, 0.15) is 5.82 Å². The molecule has 2 nitrogen and oxygen atoms in total. The number of rotatable bonds is 2. The minimum absolute atomic E-state index is 0.0879. The van der Waals surface area contributed by atoms with Gasteiger partial charge in [0.25, 0.3) is 5.91 Å². The van der Waals surface area contributed by atoms with Crippen LogP contribution in [0, 0.1) is 5.82 Å². The summed E-state index contributed by atoms with van der Waals surface area (Å²) in [6.45, 7) is 0. The number of hydrogen-bond acceptors (Lipinski definition) is 1. The lowest BCUT2D eigenvalue weighted by Crippen LogP contribution is -2.32. The minimum atomic E-state index is -0.474. The SMILES string of the molecule is O=C(NC1c2ccccc2CC1Cl)c1ccc(F)cc1Cl. The molecule has 108 valence electrons. The number of amides is 1. The molecule has 1 aliphatic carbocycles. The summed E-state index contributed by atoms with van der Waals surface area (Å²) in [6, 6.07) is 11.3. The minimum Gasteiger partial charge on any atom is -0.344 e. The number of halogens is 3. The zero-order valence-corrected chi connectivity index (χ0v) is 12.5. The molecule has 5 heteroatoms. The molecule has 0 aromatic heterocycles. The zero-order valence-electron chi connectivity index (χ0n) is 10.9. The van der Waals surface area contributed by atoms with Gasteiger partial charge in [-0.2, -0.15) is 0 Å². The molecule has 0 spiro atoms. The average molecular weight is 324 g/mol. The average Bonchev–Trinajstić information content (AvgIpc) is 2.75. The molecule has 0 aliphatic heterocycles. The van der Waals surface area contributed by atoms with E-state index in [-0.39, 0.29) is 27.9 Å².